The number of nitrogens with zero attached hydrogens (tertiary/aromatic N) is 3. The summed E-state index contributed by atoms with van der Waals surface area (Å²) in [6, 6.07) is 4.98. The van der Waals surface area contributed by atoms with Crippen molar-refractivity contribution in [2.75, 3.05) is 6.54 Å². The molecule has 1 aliphatic rings. The lowest BCUT2D eigenvalue weighted by Gasteiger charge is -2.22. The van der Waals surface area contributed by atoms with E-state index in [9.17, 15) is 9.59 Å². The fourth-order valence-corrected chi connectivity index (χ4v) is 3.09. The lowest BCUT2D eigenvalue weighted by molar-refractivity contribution is -0.129. The van der Waals surface area contributed by atoms with Crippen molar-refractivity contribution in [3.63, 3.8) is 0 Å². The number of aromatic nitrogens is 2. The summed E-state index contributed by atoms with van der Waals surface area (Å²) in [5.74, 6) is -0.0917. The van der Waals surface area contributed by atoms with Gasteiger partial charge in [-0.25, -0.2) is 4.98 Å². The zero-order valence-electron chi connectivity index (χ0n) is 13.0. The van der Waals surface area contributed by atoms with E-state index in [-0.39, 0.29) is 18.0 Å². The van der Waals surface area contributed by atoms with Crippen LogP contribution < -0.4 is 5.56 Å². The number of carbonyl (C=O) groups is 1. The number of benzene rings is 1. The number of allylic oxidation sites excluding steroid dienone is 2. The molecular formula is C17H18ClN3O2. The summed E-state index contributed by atoms with van der Waals surface area (Å²) in [4.78, 5) is 31.1. The van der Waals surface area contributed by atoms with Crippen molar-refractivity contribution in [2.45, 2.75) is 32.7 Å². The van der Waals surface area contributed by atoms with Gasteiger partial charge >= 0.3 is 0 Å². The van der Waals surface area contributed by atoms with Crippen LogP contribution in [0, 0.1) is 0 Å². The van der Waals surface area contributed by atoms with Crippen LogP contribution in [0.5, 0.6) is 0 Å². The molecule has 0 saturated heterocycles. The minimum Gasteiger partial charge on any atom is -0.315 e. The van der Waals surface area contributed by atoms with E-state index in [2.05, 4.69) is 11.1 Å². The molecule has 0 aliphatic heterocycles. The summed E-state index contributed by atoms with van der Waals surface area (Å²) < 4.78 is 1.35. The standard InChI is InChI=1S/C17H18ClN3O2/c1-2-21(13-5-3-4-6-13)16(22)10-20-11-19-15-8-7-12(18)9-14(15)17(20)23/h5,7-9,11H,2-4,6,10H2,1H3. The van der Waals surface area contributed by atoms with Gasteiger partial charge in [0.15, 0.2) is 0 Å². The van der Waals surface area contributed by atoms with E-state index in [0.29, 0.717) is 22.5 Å². The van der Waals surface area contributed by atoms with Crippen molar-refractivity contribution in [1.82, 2.24) is 14.5 Å². The highest BCUT2D eigenvalue weighted by Crippen LogP contribution is 2.21. The highest BCUT2D eigenvalue weighted by atomic mass is 35.5. The number of hydrogen-bond acceptors (Lipinski definition) is 3. The lowest BCUT2D eigenvalue weighted by Crippen LogP contribution is -2.35. The molecule has 1 heterocycles. The summed E-state index contributed by atoms with van der Waals surface area (Å²) in [5, 5.41) is 0.905. The molecule has 0 atom stereocenters. The smallest absolute Gasteiger partial charge is 0.261 e. The summed E-state index contributed by atoms with van der Waals surface area (Å²) in [6.07, 6.45) is 6.53. The Morgan fingerprint density at radius 3 is 2.96 bits per heavy atom. The van der Waals surface area contributed by atoms with Gasteiger partial charge in [-0.15, -0.1) is 0 Å². The number of carbonyl (C=O) groups excluding carboxylic acids is 1. The second kappa shape index (κ2) is 6.54. The molecule has 0 N–H and O–H groups in total. The number of rotatable bonds is 4. The molecule has 2 aromatic rings. The predicted octanol–water partition coefficient (Wildman–Crippen LogP) is 2.97. The maximum Gasteiger partial charge on any atom is 0.261 e. The summed E-state index contributed by atoms with van der Waals surface area (Å²) >= 11 is 5.95. The molecule has 3 rings (SSSR count). The molecule has 1 aromatic carbocycles. The van der Waals surface area contributed by atoms with Gasteiger partial charge in [0.1, 0.15) is 6.54 Å². The number of amides is 1. The van der Waals surface area contributed by atoms with Gasteiger partial charge in [-0.2, -0.15) is 0 Å². The van der Waals surface area contributed by atoms with Gasteiger partial charge in [0.25, 0.3) is 5.56 Å². The molecule has 1 amide bonds. The molecule has 0 radical (unpaired) electrons. The SMILES string of the molecule is CCN(C(=O)Cn1cnc2ccc(Cl)cc2c1=O)C1=CCCC1. The van der Waals surface area contributed by atoms with Crippen molar-refractivity contribution < 1.29 is 4.79 Å². The highest BCUT2D eigenvalue weighted by Gasteiger charge is 2.19. The minimum absolute atomic E-state index is 0.0144. The Balaban J connectivity index is 1.90. The van der Waals surface area contributed by atoms with E-state index in [1.807, 2.05) is 6.92 Å². The number of likely N-dealkylation sites (N-methyl/N-ethyl adjacent to an activating group) is 1. The van der Waals surface area contributed by atoms with Crippen LogP contribution in [0.15, 0.2) is 41.1 Å². The Bertz CT molecular complexity index is 841. The van der Waals surface area contributed by atoms with Crippen LogP contribution in [0.2, 0.25) is 5.02 Å². The summed E-state index contributed by atoms with van der Waals surface area (Å²) in [7, 11) is 0. The second-order valence-electron chi connectivity index (χ2n) is 5.56. The van der Waals surface area contributed by atoms with E-state index in [0.717, 1.165) is 25.0 Å². The maximum absolute atomic E-state index is 12.6. The largest absolute Gasteiger partial charge is 0.315 e. The summed E-state index contributed by atoms with van der Waals surface area (Å²) in [6.45, 7) is 2.53. The lowest BCUT2D eigenvalue weighted by atomic mass is 10.2. The van der Waals surface area contributed by atoms with Crippen LogP contribution in [-0.2, 0) is 11.3 Å². The maximum atomic E-state index is 12.6. The number of halogens is 1. The Morgan fingerprint density at radius 1 is 1.43 bits per heavy atom. The van der Waals surface area contributed by atoms with Gasteiger partial charge < -0.3 is 4.90 Å². The van der Waals surface area contributed by atoms with Crippen molar-refractivity contribution in [1.29, 1.82) is 0 Å². The van der Waals surface area contributed by atoms with Crippen LogP contribution in [0.3, 0.4) is 0 Å². The van der Waals surface area contributed by atoms with Gasteiger partial charge in [0, 0.05) is 17.3 Å². The third-order valence-corrected chi connectivity index (χ3v) is 4.31. The first-order valence-electron chi connectivity index (χ1n) is 7.74. The van der Waals surface area contributed by atoms with E-state index >= 15 is 0 Å². The molecule has 5 nitrogen and oxygen atoms in total. The molecule has 1 aliphatic carbocycles. The van der Waals surface area contributed by atoms with Crippen LogP contribution in [0.25, 0.3) is 10.9 Å². The second-order valence-corrected chi connectivity index (χ2v) is 6.00. The van der Waals surface area contributed by atoms with E-state index in [1.54, 1.807) is 23.1 Å². The normalized spacial score (nSPS) is 14.1. The van der Waals surface area contributed by atoms with Crippen LogP contribution in [-0.4, -0.2) is 26.9 Å². The zero-order valence-corrected chi connectivity index (χ0v) is 13.7. The zero-order chi connectivity index (χ0) is 16.4. The Labute approximate surface area is 139 Å². The Kier molecular flexibility index (Phi) is 4.48. The predicted molar refractivity (Wildman–Crippen MR) is 90.3 cm³/mol. The van der Waals surface area contributed by atoms with E-state index < -0.39 is 0 Å². The fraction of sp³-hybridized carbons (Fsp3) is 0.353. The number of fused-ring (bicyclic) bond motifs is 1. The highest BCUT2D eigenvalue weighted by molar-refractivity contribution is 6.31. The van der Waals surface area contributed by atoms with Gasteiger partial charge in [-0.05, 0) is 44.4 Å². The molecule has 0 spiro atoms. The average Bonchev–Trinajstić information content (AvgIpc) is 3.05. The van der Waals surface area contributed by atoms with E-state index in [4.69, 9.17) is 11.6 Å². The van der Waals surface area contributed by atoms with Gasteiger partial charge in [-0.3, -0.25) is 14.2 Å². The van der Waals surface area contributed by atoms with E-state index in [1.165, 1.54) is 10.9 Å². The molecule has 0 fully saturated rings. The van der Waals surface area contributed by atoms with Crippen molar-refractivity contribution >= 4 is 28.4 Å². The van der Waals surface area contributed by atoms with Crippen molar-refractivity contribution in [2.24, 2.45) is 0 Å². The molecule has 0 saturated carbocycles. The molecule has 6 heteroatoms. The minimum atomic E-state index is -0.248. The average molecular weight is 332 g/mol. The van der Waals surface area contributed by atoms with Crippen LogP contribution in [0.1, 0.15) is 26.2 Å². The number of hydrogen-bond donors (Lipinski definition) is 0. The van der Waals surface area contributed by atoms with Crippen molar-refractivity contribution in [3.8, 4) is 0 Å². The monoisotopic (exact) mass is 331 g/mol. The van der Waals surface area contributed by atoms with Crippen LogP contribution >= 0.6 is 11.6 Å². The molecule has 0 bridgehead atoms. The molecule has 0 unspecified atom stereocenters. The first-order valence-corrected chi connectivity index (χ1v) is 8.12. The van der Waals surface area contributed by atoms with Crippen LogP contribution in [0.4, 0.5) is 0 Å². The molecular weight excluding hydrogens is 314 g/mol. The molecule has 120 valence electrons. The first kappa shape index (κ1) is 15.7. The molecule has 1 aromatic heterocycles. The van der Waals surface area contributed by atoms with Gasteiger partial charge in [0.05, 0.1) is 17.2 Å². The van der Waals surface area contributed by atoms with Gasteiger partial charge in [0.2, 0.25) is 5.91 Å². The first-order chi connectivity index (χ1) is 11.1. The van der Waals surface area contributed by atoms with Gasteiger partial charge in [-0.1, -0.05) is 17.7 Å². The third kappa shape index (κ3) is 3.15. The van der Waals surface area contributed by atoms with Crippen molar-refractivity contribution in [3.05, 3.63) is 51.7 Å². The molecule has 23 heavy (non-hydrogen) atoms. The Hall–Kier alpha value is -2.14. The fourth-order valence-electron chi connectivity index (χ4n) is 2.91. The quantitative estimate of drug-likeness (QED) is 0.865. The summed E-state index contributed by atoms with van der Waals surface area (Å²) in [5.41, 5.74) is 1.39. The topological polar surface area (TPSA) is 55.2 Å². The Morgan fingerprint density at radius 2 is 2.26 bits per heavy atom. The third-order valence-electron chi connectivity index (χ3n) is 4.07.